The first kappa shape index (κ1) is 21.3. The fourth-order valence-corrected chi connectivity index (χ4v) is 2.81. The van der Waals surface area contributed by atoms with Crippen molar-refractivity contribution in [2.75, 3.05) is 5.32 Å². The van der Waals surface area contributed by atoms with Gasteiger partial charge in [0.25, 0.3) is 0 Å². The number of rotatable bonds is 6. The van der Waals surface area contributed by atoms with Crippen molar-refractivity contribution in [1.82, 2.24) is 4.98 Å². The number of aromatic nitrogens is 1. The third-order valence-corrected chi connectivity index (χ3v) is 4.47. The first-order valence-electron chi connectivity index (χ1n) is 7.37. The molecular formula is C16H20ClF2N3O2S. The molecule has 2 unspecified atom stereocenters. The highest BCUT2D eigenvalue weighted by Crippen LogP contribution is 2.31. The van der Waals surface area contributed by atoms with Gasteiger partial charge in [-0.1, -0.05) is 6.92 Å². The van der Waals surface area contributed by atoms with Gasteiger partial charge in [-0.2, -0.15) is 8.78 Å². The molecule has 0 aliphatic rings. The Balaban J connectivity index is 0.00000312. The van der Waals surface area contributed by atoms with E-state index in [0.717, 1.165) is 10.4 Å². The number of nitrogens with two attached hydrogens (primary N) is 1. The van der Waals surface area contributed by atoms with Crippen molar-refractivity contribution in [1.29, 1.82) is 0 Å². The molecule has 0 fully saturated rings. The van der Waals surface area contributed by atoms with Gasteiger partial charge in [-0.15, -0.1) is 23.7 Å². The summed E-state index contributed by atoms with van der Waals surface area (Å²) in [7, 11) is 0. The van der Waals surface area contributed by atoms with Crippen molar-refractivity contribution >= 4 is 34.8 Å². The van der Waals surface area contributed by atoms with E-state index in [4.69, 9.17) is 5.73 Å². The molecule has 25 heavy (non-hydrogen) atoms. The zero-order valence-corrected chi connectivity index (χ0v) is 15.6. The molecule has 9 heteroatoms. The Morgan fingerprint density at radius 3 is 2.40 bits per heavy atom. The lowest BCUT2D eigenvalue weighted by Crippen LogP contribution is -2.34. The van der Waals surface area contributed by atoms with E-state index in [1.807, 2.05) is 6.92 Å². The van der Waals surface area contributed by atoms with Crippen molar-refractivity contribution in [3.05, 3.63) is 29.1 Å². The molecule has 0 saturated carbocycles. The van der Waals surface area contributed by atoms with Gasteiger partial charge in [-0.05, 0) is 38.1 Å². The molecule has 2 atom stereocenters. The van der Waals surface area contributed by atoms with Gasteiger partial charge in [0, 0.05) is 16.5 Å². The summed E-state index contributed by atoms with van der Waals surface area (Å²) in [5.74, 6) is -0.435. The third-order valence-electron chi connectivity index (χ3n) is 3.58. The maximum atomic E-state index is 12.2. The number of aryl methyl sites for hydroxylation is 1. The molecule has 0 bridgehead atoms. The summed E-state index contributed by atoms with van der Waals surface area (Å²) in [4.78, 5) is 17.4. The highest BCUT2D eigenvalue weighted by Gasteiger charge is 2.19. The highest BCUT2D eigenvalue weighted by atomic mass is 35.5. The molecule has 0 radical (unpaired) electrons. The molecule has 1 amide bonds. The van der Waals surface area contributed by atoms with Gasteiger partial charge in [-0.25, -0.2) is 4.98 Å². The van der Waals surface area contributed by atoms with Crippen molar-refractivity contribution in [3.8, 4) is 17.0 Å². The first-order chi connectivity index (χ1) is 11.3. The SMILES string of the molecule is Cc1sc(NC(=O)C(C)C(C)N)nc1-c1ccc(OC(F)F)cc1.Cl. The van der Waals surface area contributed by atoms with Gasteiger partial charge in [0.2, 0.25) is 5.91 Å². The van der Waals surface area contributed by atoms with E-state index in [2.05, 4.69) is 15.0 Å². The number of nitrogens with zero attached hydrogens (tertiary/aromatic N) is 1. The lowest BCUT2D eigenvalue weighted by atomic mass is 10.0. The van der Waals surface area contributed by atoms with Gasteiger partial charge >= 0.3 is 6.61 Å². The van der Waals surface area contributed by atoms with Gasteiger partial charge in [0.1, 0.15) is 5.75 Å². The summed E-state index contributed by atoms with van der Waals surface area (Å²) in [5.41, 5.74) is 7.17. The molecule has 3 N–H and O–H groups in total. The fourth-order valence-electron chi connectivity index (χ4n) is 1.97. The van der Waals surface area contributed by atoms with Crippen LogP contribution in [0, 0.1) is 12.8 Å². The van der Waals surface area contributed by atoms with E-state index >= 15 is 0 Å². The van der Waals surface area contributed by atoms with Crippen LogP contribution in [-0.4, -0.2) is 23.5 Å². The van der Waals surface area contributed by atoms with Crippen molar-refractivity contribution < 1.29 is 18.3 Å². The predicted molar refractivity (Wildman–Crippen MR) is 97.6 cm³/mol. The lowest BCUT2D eigenvalue weighted by Gasteiger charge is -2.13. The maximum Gasteiger partial charge on any atom is 0.387 e. The number of amides is 1. The highest BCUT2D eigenvalue weighted by molar-refractivity contribution is 7.16. The van der Waals surface area contributed by atoms with Crippen LogP contribution >= 0.6 is 23.7 Å². The Hall–Kier alpha value is -1.77. The molecule has 2 aromatic rings. The van der Waals surface area contributed by atoms with Crippen LogP contribution < -0.4 is 15.8 Å². The van der Waals surface area contributed by atoms with Crippen molar-refractivity contribution in [2.24, 2.45) is 11.7 Å². The largest absolute Gasteiger partial charge is 0.435 e. The summed E-state index contributed by atoms with van der Waals surface area (Å²) in [6.45, 7) is 2.54. The summed E-state index contributed by atoms with van der Waals surface area (Å²) in [5, 5.41) is 3.24. The standard InChI is InChI=1S/C16H19F2N3O2S.ClH/c1-8(9(2)19)14(22)21-16-20-13(10(3)24-16)11-4-6-12(7-5-11)23-15(17)18;/h4-9,15H,19H2,1-3H3,(H,20,21,22);1H. The maximum absolute atomic E-state index is 12.2. The predicted octanol–water partition coefficient (Wildman–Crippen LogP) is 4.06. The monoisotopic (exact) mass is 391 g/mol. The number of ether oxygens (including phenoxy) is 1. The minimum atomic E-state index is -2.86. The van der Waals surface area contributed by atoms with E-state index < -0.39 is 6.61 Å². The minimum absolute atomic E-state index is 0. The molecule has 5 nitrogen and oxygen atoms in total. The molecule has 0 saturated heterocycles. The lowest BCUT2D eigenvalue weighted by molar-refractivity contribution is -0.119. The van der Waals surface area contributed by atoms with Crippen molar-refractivity contribution in [3.63, 3.8) is 0 Å². The van der Waals surface area contributed by atoms with Crippen LogP contribution in [0.2, 0.25) is 0 Å². The Morgan fingerprint density at radius 2 is 1.88 bits per heavy atom. The van der Waals surface area contributed by atoms with E-state index in [1.54, 1.807) is 26.0 Å². The molecule has 138 valence electrons. The number of benzene rings is 1. The second-order valence-corrected chi connectivity index (χ2v) is 6.67. The molecular weight excluding hydrogens is 372 g/mol. The summed E-state index contributed by atoms with van der Waals surface area (Å²) in [6.07, 6.45) is 0. The zero-order chi connectivity index (χ0) is 17.9. The normalized spacial score (nSPS) is 13.1. The number of hydrogen-bond acceptors (Lipinski definition) is 5. The topological polar surface area (TPSA) is 77.2 Å². The fraction of sp³-hybridized carbons (Fsp3) is 0.375. The van der Waals surface area contributed by atoms with Crippen LogP contribution in [0.25, 0.3) is 11.3 Å². The second kappa shape index (κ2) is 9.07. The van der Waals surface area contributed by atoms with Crippen LogP contribution in [0.5, 0.6) is 5.75 Å². The van der Waals surface area contributed by atoms with Gasteiger partial charge < -0.3 is 15.8 Å². The average molecular weight is 392 g/mol. The van der Waals surface area contributed by atoms with Crippen LogP contribution in [0.4, 0.5) is 13.9 Å². The molecule has 0 aliphatic carbocycles. The number of hydrogen-bond donors (Lipinski definition) is 2. The van der Waals surface area contributed by atoms with E-state index in [-0.39, 0.29) is 36.0 Å². The van der Waals surface area contributed by atoms with Crippen molar-refractivity contribution in [2.45, 2.75) is 33.4 Å². The average Bonchev–Trinajstić information content (AvgIpc) is 2.87. The molecule has 0 spiro atoms. The second-order valence-electron chi connectivity index (χ2n) is 5.46. The number of alkyl halides is 2. The zero-order valence-electron chi connectivity index (χ0n) is 14.0. The van der Waals surface area contributed by atoms with Gasteiger partial charge in [0.05, 0.1) is 11.6 Å². The minimum Gasteiger partial charge on any atom is -0.435 e. The first-order valence-corrected chi connectivity index (χ1v) is 8.18. The number of carbonyl (C=O) groups is 1. The van der Waals surface area contributed by atoms with Gasteiger partial charge in [-0.3, -0.25) is 4.79 Å². The molecule has 1 aromatic heterocycles. The van der Waals surface area contributed by atoms with E-state index in [0.29, 0.717) is 10.8 Å². The van der Waals surface area contributed by atoms with Crippen LogP contribution in [0.1, 0.15) is 18.7 Å². The summed E-state index contributed by atoms with van der Waals surface area (Å²) < 4.78 is 28.7. The summed E-state index contributed by atoms with van der Waals surface area (Å²) in [6, 6.07) is 5.95. The number of thiazole rings is 1. The Bertz CT molecular complexity index is 708. The quantitative estimate of drug-likeness (QED) is 0.778. The Kier molecular flexibility index (Phi) is 7.72. The number of anilines is 1. The number of carbonyl (C=O) groups excluding carboxylic acids is 1. The van der Waals surface area contributed by atoms with Crippen LogP contribution in [0.15, 0.2) is 24.3 Å². The summed E-state index contributed by atoms with van der Waals surface area (Å²) >= 11 is 1.35. The molecule has 2 rings (SSSR count). The Morgan fingerprint density at radius 1 is 1.28 bits per heavy atom. The number of nitrogens with one attached hydrogen (secondary N) is 1. The molecule has 1 heterocycles. The number of halogens is 3. The van der Waals surface area contributed by atoms with Crippen LogP contribution in [0.3, 0.4) is 0 Å². The molecule has 1 aromatic carbocycles. The Labute approximate surface area is 155 Å². The van der Waals surface area contributed by atoms with E-state index in [1.165, 1.54) is 23.5 Å². The van der Waals surface area contributed by atoms with Gasteiger partial charge in [0.15, 0.2) is 5.13 Å². The van der Waals surface area contributed by atoms with E-state index in [9.17, 15) is 13.6 Å². The van der Waals surface area contributed by atoms with Crippen LogP contribution in [-0.2, 0) is 4.79 Å². The smallest absolute Gasteiger partial charge is 0.387 e. The third kappa shape index (κ3) is 5.62. The molecule has 0 aliphatic heterocycles.